The van der Waals surface area contributed by atoms with Crippen LogP contribution in [0.4, 0.5) is 14.5 Å². The van der Waals surface area contributed by atoms with E-state index in [4.69, 9.17) is 5.84 Å². The Morgan fingerprint density at radius 2 is 1.94 bits per heavy atom. The predicted octanol–water partition coefficient (Wildman–Crippen LogP) is 2.53. The number of nitrogens with one attached hydrogen (secondary N) is 1. The van der Waals surface area contributed by atoms with Crippen LogP contribution in [0.25, 0.3) is 10.9 Å². The molecular formula is C10H10ClF2N3. The van der Waals surface area contributed by atoms with Crippen LogP contribution >= 0.6 is 12.4 Å². The number of hydrazine groups is 1. The van der Waals surface area contributed by atoms with Gasteiger partial charge < -0.3 is 5.43 Å². The minimum absolute atomic E-state index is 0. The molecule has 86 valence electrons. The lowest BCUT2D eigenvalue weighted by Crippen LogP contribution is -2.08. The number of pyridine rings is 1. The molecule has 0 aliphatic heterocycles. The Morgan fingerprint density at radius 3 is 2.56 bits per heavy atom. The fourth-order valence-electron chi connectivity index (χ4n) is 1.50. The van der Waals surface area contributed by atoms with Gasteiger partial charge in [-0.15, -0.1) is 12.4 Å². The monoisotopic (exact) mass is 245 g/mol. The van der Waals surface area contributed by atoms with Crippen LogP contribution in [0.5, 0.6) is 0 Å². The lowest BCUT2D eigenvalue weighted by molar-refractivity contribution is 0.590. The number of fused-ring (bicyclic) bond motifs is 1. The lowest BCUT2D eigenvalue weighted by atomic mass is 10.1. The van der Waals surface area contributed by atoms with Gasteiger partial charge in [0.05, 0.1) is 5.69 Å². The number of rotatable bonds is 1. The summed E-state index contributed by atoms with van der Waals surface area (Å²) in [4.78, 5) is 3.99. The van der Waals surface area contributed by atoms with Crippen molar-refractivity contribution in [3.8, 4) is 0 Å². The van der Waals surface area contributed by atoms with Crippen LogP contribution in [0, 0.1) is 18.6 Å². The van der Waals surface area contributed by atoms with Crippen molar-refractivity contribution in [1.82, 2.24) is 4.98 Å². The van der Waals surface area contributed by atoms with Gasteiger partial charge in [-0.2, -0.15) is 0 Å². The average molecular weight is 246 g/mol. The molecular weight excluding hydrogens is 236 g/mol. The molecule has 0 unspecified atom stereocenters. The third kappa shape index (κ3) is 2.05. The molecule has 0 amide bonds. The van der Waals surface area contributed by atoms with E-state index >= 15 is 0 Å². The van der Waals surface area contributed by atoms with Gasteiger partial charge >= 0.3 is 0 Å². The molecule has 3 N–H and O–H groups in total. The number of aromatic nitrogens is 1. The molecule has 6 heteroatoms. The summed E-state index contributed by atoms with van der Waals surface area (Å²) in [5.74, 6) is 3.92. The van der Waals surface area contributed by atoms with E-state index in [1.807, 2.05) is 0 Å². The first-order chi connectivity index (χ1) is 7.11. The summed E-state index contributed by atoms with van der Waals surface area (Å²) >= 11 is 0. The van der Waals surface area contributed by atoms with Crippen LogP contribution in [-0.4, -0.2) is 4.98 Å². The molecule has 3 nitrogen and oxygen atoms in total. The molecule has 0 aliphatic rings. The van der Waals surface area contributed by atoms with Gasteiger partial charge in [0.15, 0.2) is 5.82 Å². The maximum Gasteiger partial charge on any atom is 0.152 e. The van der Waals surface area contributed by atoms with Crippen molar-refractivity contribution in [2.75, 3.05) is 5.43 Å². The fraction of sp³-hybridized carbons (Fsp3) is 0.100. The zero-order chi connectivity index (χ0) is 11.0. The molecule has 1 aromatic heterocycles. The maximum atomic E-state index is 13.4. The van der Waals surface area contributed by atoms with E-state index in [1.54, 1.807) is 13.0 Å². The van der Waals surface area contributed by atoms with Crippen LogP contribution in [0.15, 0.2) is 18.2 Å². The van der Waals surface area contributed by atoms with Crippen molar-refractivity contribution < 1.29 is 8.78 Å². The van der Waals surface area contributed by atoms with Crippen molar-refractivity contribution in [2.24, 2.45) is 5.84 Å². The lowest BCUT2D eigenvalue weighted by Gasteiger charge is -2.07. The first-order valence-electron chi connectivity index (χ1n) is 4.35. The minimum Gasteiger partial charge on any atom is -0.323 e. The van der Waals surface area contributed by atoms with Gasteiger partial charge in [0, 0.05) is 17.1 Å². The highest BCUT2D eigenvalue weighted by Gasteiger charge is 2.09. The van der Waals surface area contributed by atoms with Crippen LogP contribution in [0.1, 0.15) is 5.69 Å². The SMILES string of the molecule is Cc1cc(NN)c2cc(F)cc(F)c2n1.Cl. The Hall–Kier alpha value is -1.46. The van der Waals surface area contributed by atoms with Gasteiger partial charge in [0.25, 0.3) is 0 Å². The molecule has 16 heavy (non-hydrogen) atoms. The maximum absolute atomic E-state index is 13.4. The summed E-state index contributed by atoms with van der Waals surface area (Å²) in [6, 6.07) is 3.62. The number of nitrogen functional groups attached to an aromatic ring is 1. The van der Waals surface area contributed by atoms with E-state index in [0.29, 0.717) is 16.8 Å². The number of benzene rings is 1. The van der Waals surface area contributed by atoms with Crippen molar-refractivity contribution in [3.63, 3.8) is 0 Å². The molecule has 2 rings (SSSR count). The Morgan fingerprint density at radius 1 is 1.25 bits per heavy atom. The van der Waals surface area contributed by atoms with Crippen molar-refractivity contribution >= 4 is 29.0 Å². The normalized spacial score (nSPS) is 10.0. The summed E-state index contributed by atoms with van der Waals surface area (Å²) in [5, 5.41) is 0.334. The molecule has 0 radical (unpaired) electrons. The van der Waals surface area contributed by atoms with Crippen molar-refractivity contribution in [2.45, 2.75) is 6.92 Å². The smallest absolute Gasteiger partial charge is 0.152 e. The Kier molecular flexibility index (Phi) is 3.62. The van der Waals surface area contributed by atoms with Gasteiger partial charge in [0.1, 0.15) is 11.3 Å². The Balaban J connectivity index is 0.00000128. The molecule has 0 spiro atoms. The number of nitrogens with zero attached hydrogens (tertiary/aromatic N) is 1. The Labute approximate surface area is 97.0 Å². The minimum atomic E-state index is -0.690. The van der Waals surface area contributed by atoms with Crippen LogP contribution in [0.3, 0.4) is 0 Å². The van der Waals surface area contributed by atoms with Gasteiger partial charge in [-0.25, -0.2) is 13.8 Å². The van der Waals surface area contributed by atoms with E-state index in [-0.39, 0.29) is 17.9 Å². The zero-order valence-electron chi connectivity index (χ0n) is 8.42. The number of anilines is 1. The zero-order valence-corrected chi connectivity index (χ0v) is 9.24. The summed E-state index contributed by atoms with van der Waals surface area (Å²) < 4.78 is 26.4. The first kappa shape index (κ1) is 12.6. The quantitative estimate of drug-likeness (QED) is 0.600. The van der Waals surface area contributed by atoms with E-state index in [9.17, 15) is 8.78 Å². The van der Waals surface area contributed by atoms with Crippen LogP contribution in [0.2, 0.25) is 0 Å². The first-order valence-corrected chi connectivity index (χ1v) is 4.35. The fourth-order valence-corrected chi connectivity index (χ4v) is 1.50. The Bertz CT molecular complexity index is 531. The standard InChI is InChI=1S/C10H9F2N3.ClH/c1-5-2-9(15-13)7-3-6(11)4-8(12)10(7)14-5;/h2-4H,13H2,1H3,(H,14,15);1H. The van der Waals surface area contributed by atoms with E-state index in [1.165, 1.54) is 6.07 Å². The molecule has 1 aromatic carbocycles. The molecule has 0 fully saturated rings. The van der Waals surface area contributed by atoms with Crippen molar-refractivity contribution in [3.05, 3.63) is 35.5 Å². The topological polar surface area (TPSA) is 50.9 Å². The summed E-state index contributed by atoms with van der Waals surface area (Å²) in [7, 11) is 0. The van der Waals surface area contributed by atoms with Crippen LogP contribution < -0.4 is 11.3 Å². The van der Waals surface area contributed by atoms with E-state index in [2.05, 4.69) is 10.4 Å². The van der Waals surface area contributed by atoms with Crippen molar-refractivity contribution in [1.29, 1.82) is 0 Å². The highest BCUT2D eigenvalue weighted by molar-refractivity contribution is 5.91. The number of nitrogens with two attached hydrogens (primary N) is 1. The third-order valence-corrected chi connectivity index (χ3v) is 2.12. The second-order valence-corrected chi connectivity index (χ2v) is 3.24. The average Bonchev–Trinajstić information content (AvgIpc) is 2.18. The largest absolute Gasteiger partial charge is 0.323 e. The highest BCUT2D eigenvalue weighted by atomic mass is 35.5. The van der Waals surface area contributed by atoms with Crippen LogP contribution in [-0.2, 0) is 0 Å². The molecule has 0 atom stereocenters. The molecule has 1 heterocycles. The number of hydrogen-bond donors (Lipinski definition) is 2. The number of aryl methyl sites for hydroxylation is 1. The van der Waals surface area contributed by atoms with Gasteiger partial charge in [0.2, 0.25) is 0 Å². The third-order valence-electron chi connectivity index (χ3n) is 2.12. The predicted molar refractivity (Wildman–Crippen MR) is 61.5 cm³/mol. The second kappa shape index (κ2) is 4.59. The summed E-state index contributed by atoms with van der Waals surface area (Å²) in [5.41, 5.74) is 3.57. The molecule has 0 aliphatic carbocycles. The molecule has 2 aromatic rings. The molecule has 0 saturated heterocycles. The van der Waals surface area contributed by atoms with E-state index < -0.39 is 11.6 Å². The summed E-state index contributed by atoms with van der Waals surface area (Å²) in [6.07, 6.45) is 0. The van der Waals surface area contributed by atoms with E-state index in [0.717, 1.165) is 6.07 Å². The van der Waals surface area contributed by atoms with Gasteiger partial charge in [-0.1, -0.05) is 0 Å². The highest BCUT2D eigenvalue weighted by Crippen LogP contribution is 2.25. The molecule has 0 saturated carbocycles. The second-order valence-electron chi connectivity index (χ2n) is 3.24. The number of halogens is 3. The molecule has 0 bridgehead atoms. The van der Waals surface area contributed by atoms with Gasteiger partial charge in [-0.3, -0.25) is 5.84 Å². The number of hydrogen-bond acceptors (Lipinski definition) is 3. The summed E-state index contributed by atoms with van der Waals surface area (Å²) in [6.45, 7) is 1.71. The van der Waals surface area contributed by atoms with Gasteiger partial charge in [-0.05, 0) is 19.1 Å².